The molecule has 6 heteroatoms. The summed E-state index contributed by atoms with van der Waals surface area (Å²) in [6.07, 6.45) is 0.318. The molecule has 0 aromatic heterocycles. The maximum absolute atomic E-state index is 10.4. The fourth-order valence-corrected chi connectivity index (χ4v) is 1.63. The number of rotatable bonds is 3. The van der Waals surface area contributed by atoms with Gasteiger partial charge in [-0.3, -0.25) is 0 Å². The van der Waals surface area contributed by atoms with Crippen LogP contribution < -0.4 is 10.8 Å². The maximum atomic E-state index is 10.4. The monoisotopic (exact) mass is 339 g/mol. The molecular weight excluding hydrogens is 325 g/mol. The Labute approximate surface area is 107 Å². The van der Waals surface area contributed by atoms with Gasteiger partial charge in [0, 0.05) is 13.5 Å². The number of halogens is 1. The molecule has 1 atom stereocenters. The minimum absolute atomic E-state index is 0.198. The molecule has 0 heterocycles. The summed E-state index contributed by atoms with van der Waals surface area (Å²) >= 11 is 1.98. The van der Waals surface area contributed by atoms with E-state index < -0.39 is 12.0 Å². The van der Waals surface area contributed by atoms with Gasteiger partial charge in [-0.2, -0.15) is 0 Å². The van der Waals surface area contributed by atoms with Crippen LogP contribution >= 0.6 is 22.6 Å². The number of aliphatic hydroxyl groups is 1. The number of carbonyl (C=O) groups is 1. The Bertz CT molecular complexity index is 357. The smallest absolute Gasteiger partial charge is 0.129 e. The summed E-state index contributed by atoms with van der Waals surface area (Å²) in [7, 11) is 1.00. The van der Waals surface area contributed by atoms with Gasteiger partial charge in [-0.25, -0.2) is 0 Å². The number of aliphatic carboxylic acids is 1. The van der Waals surface area contributed by atoms with Crippen molar-refractivity contribution in [2.75, 3.05) is 7.11 Å². The first-order chi connectivity index (χ1) is 7.50. The molecule has 1 rings (SSSR count). The van der Waals surface area contributed by atoms with Crippen molar-refractivity contribution in [3.05, 3.63) is 27.3 Å². The predicted molar refractivity (Wildman–Crippen MR) is 64.4 cm³/mol. The van der Waals surface area contributed by atoms with E-state index in [0.717, 1.165) is 12.7 Å². The van der Waals surface area contributed by atoms with E-state index in [1.807, 2.05) is 22.6 Å². The Hall–Kier alpha value is -0.860. The van der Waals surface area contributed by atoms with Crippen molar-refractivity contribution in [2.45, 2.75) is 12.5 Å². The normalized spacial score (nSPS) is 11.2. The Morgan fingerprint density at radius 2 is 2.12 bits per heavy atom. The topological polar surface area (TPSA) is 108 Å². The molecule has 16 heavy (non-hydrogen) atoms. The van der Waals surface area contributed by atoms with Crippen LogP contribution in [0.2, 0.25) is 0 Å². The van der Waals surface area contributed by atoms with Crippen LogP contribution in [0.5, 0.6) is 5.75 Å². The first-order valence-corrected chi connectivity index (χ1v) is 5.54. The van der Waals surface area contributed by atoms with E-state index in [-0.39, 0.29) is 5.75 Å². The second kappa shape index (κ2) is 7.42. The Balaban J connectivity index is 0.00000106. The summed E-state index contributed by atoms with van der Waals surface area (Å²) in [5.74, 6) is -0.962. The van der Waals surface area contributed by atoms with Crippen LogP contribution in [-0.2, 0) is 11.2 Å². The van der Waals surface area contributed by atoms with Gasteiger partial charge in [-0.05, 0) is 40.3 Å². The summed E-state index contributed by atoms with van der Waals surface area (Å²) in [6.45, 7) is 0. The zero-order valence-electron chi connectivity index (χ0n) is 8.81. The molecule has 0 spiro atoms. The zero-order chi connectivity index (χ0) is 12.7. The number of phenols is 1. The quantitative estimate of drug-likeness (QED) is 0.583. The fraction of sp³-hybridized carbons (Fsp3) is 0.300. The average molecular weight is 339 g/mol. The fourth-order valence-electron chi connectivity index (χ4n) is 1.05. The number of carboxylic acids is 1. The van der Waals surface area contributed by atoms with Gasteiger partial charge in [0.05, 0.1) is 9.54 Å². The molecule has 0 aliphatic carbocycles. The highest BCUT2D eigenvalue weighted by molar-refractivity contribution is 14.1. The Kier molecular flexibility index (Phi) is 7.02. The van der Waals surface area contributed by atoms with E-state index in [4.69, 9.17) is 5.11 Å². The van der Waals surface area contributed by atoms with Gasteiger partial charge in [0.25, 0.3) is 0 Å². The van der Waals surface area contributed by atoms with Crippen molar-refractivity contribution >= 4 is 28.6 Å². The van der Waals surface area contributed by atoms with Crippen LogP contribution in [-0.4, -0.2) is 29.3 Å². The lowest BCUT2D eigenvalue weighted by molar-refractivity contribution is -0.437. The third-order valence-electron chi connectivity index (χ3n) is 1.83. The Morgan fingerprint density at radius 1 is 1.56 bits per heavy atom. The summed E-state index contributed by atoms with van der Waals surface area (Å²) < 4.78 is 0.700. The number of hydrogen-bond donors (Lipinski definition) is 3. The number of quaternary nitrogens is 1. The number of carbonyl (C=O) groups excluding carboxylic acids is 1. The number of aromatic hydroxyl groups is 1. The number of carboxylic acid groups (broad SMARTS) is 1. The van der Waals surface area contributed by atoms with Crippen LogP contribution in [0.15, 0.2) is 18.2 Å². The van der Waals surface area contributed by atoms with E-state index in [9.17, 15) is 15.0 Å². The maximum Gasteiger partial charge on any atom is 0.129 e. The summed E-state index contributed by atoms with van der Waals surface area (Å²) in [5.41, 5.74) is 4.29. The molecule has 0 unspecified atom stereocenters. The largest absolute Gasteiger partial charge is 0.544 e. The van der Waals surface area contributed by atoms with Crippen LogP contribution in [0, 0.1) is 3.57 Å². The lowest BCUT2D eigenvalue weighted by atomic mass is 10.1. The molecule has 0 bridgehead atoms. The van der Waals surface area contributed by atoms with Gasteiger partial charge in [0.15, 0.2) is 0 Å². The van der Waals surface area contributed by atoms with Crippen LogP contribution in [0.4, 0.5) is 0 Å². The summed E-state index contributed by atoms with van der Waals surface area (Å²) in [6, 6.07) is 4.20. The molecule has 0 aliphatic heterocycles. The second-order valence-electron chi connectivity index (χ2n) is 3.01. The number of hydrogen-bond acceptors (Lipinski definition) is 4. The molecule has 5 N–H and O–H groups in total. The van der Waals surface area contributed by atoms with Crippen molar-refractivity contribution in [2.24, 2.45) is 0 Å². The minimum Gasteiger partial charge on any atom is -0.544 e. The predicted octanol–water partition coefficient (Wildman–Crippen LogP) is -1.49. The summed E-state index contributed by atoms with van der Waals surface area (Å²) in [5, 5.41) is 26.7. The van der Waals surface area contributed by atoms with Crippen molar-refractivity contribution in [3.8, 4) is 5.75 Å². The van der Waals surface area contributed by atoms with Crippen LogP contribution in [0.1, 0.15) is 5.56 Å². The molecule has 1 aromatic carbocycles. The highest BCUT2D eigenvalue weighted by Crippen LogP contribution is 2.20. The average Bonchev–Trinajstić information content (AvgIpc) is 2.26. The van der Waals surface area contributed by atoms with E-state index in [0.29, 0.717) is 9.99 Å². The summed E-state index contributed by atoms with van der Waals surface area (Å²) in [4.78, 5) is 10.4. The minimum atomic E-state index is -1.16. The molecule has 0 amide bonds. The number of phenolic OH excluding ortho intramolecular Hbond substituents is 1. The van der Waals surface area contributed by atoms with Crippen molar-refractivity contribution in [3.63, 3.8) is 0 Å². The standard InChI is InChI=1S/C9H10INO3.CH4O/c10-6-3-5(1-2-8(6)12)4-7(11)9(13)14;1-2/h1-3,7,12H,4,11H2,(H,13,14);2H,1H3/t7-;/m0./s1. The highest BCUT2D eigenvalue weighted by Gasteiger charge is 2.09. The molecule has 0 saturated carbocycles. The van der Waals surface area contributed by atoms with Crippen LogP contribution in [0.3, 0.4) is 0 Å². The molecule has 1 aromatic rings. The Morgan fingerprint density at radius 3 is 2.56 bits per heavy atom. The molecule has 0 radical (unpaired) electrons. The van der Waals surface area contributed by atoms with E-state index in [2.05, 4.69) is 5.73 Å². The van der Waals surface area contributed by atoms with E-state index in [1.54, 1.807) is 18.2 Å². The van der Waals surface area contributed by atoms with Crippen molar-refractivity contribution in [1.82, 2.24) is 0 Å². The third-order valence-corrected chi connectivity index (χ3v) is 2.69. The molecule has 0 saturated heterocycles. The molecule has 5 nitrogen and oxygen atoms in total. The second-order valence-corrected chi connectivity index (χ2v) is 4.17. The molecule has 0 aliphatic rings. The van der Waals surface area contributed by atoms with Crippen molar-refractivity contribution in [1.29, 1.82) is 0 Å². The first-order valence-electron chi connectivity index (χ1n) is 4.46. The van der Waals surface area contributed by atoms with Gasteiger partial charge < -0.3 is 25.8 Å². The highest BCUT2D eigenvalue weighted by atomic mass is 127. The van der Waals surface area contributed by atoms with Gasteiger partial charge >= 0.3 is 0 Å². The lowest BCUT2D eigenvalue weighted by Gasteiger charge is -2.09. The first kappa shape index (κ1) is 15.1. The van der Waals surface area contributed by atoms with Crippen LogP contribution in [0.25, 0.3) is 0 Å². The van der Waals surface area contributed by atoms with Gasteiger partial charge in [0.1, 0.15) is 11.8 Å². The van der Waals surface area contributed by atoms with Gasteiger partial charge in [-0.15, -0.1) is 0 Å². The number of benzene rings is 1. The third kappa shape index (κ3) is 4.77. The lowest BCUT2D eigenvalue weighted by Crippen LogP contribution is -2.69. The molecule has 0 fully saturated rings. The van der Waals surface area contributed by atoms with Gasteiger partial charge in [0.2, 0.25) is 0 Å². The van der Waals surface area contributed by atoms with E-state index in [1.165, 1.54) is 0 Å². The van der Waals surface area contributed by atoms with Gasteiger partial charge in [-0.1, -0.05) is 6.07 Å². The SMILES string of the molecule is CO.[NH3+][C@@H](Cc1ccc(O)c(I)c1)C(=O)[O-]. The van der Waals surface area contributed by atoms with E-state index >= 15 is 0 Å². The van der Waals surface area contributed by atoms with Crippen molar-refractivity contribution < 1.29 is 25.8 Å². The number of aliphatic hydroxyl groups excluding tert-OH is 1. The molecular formula is C10H14INO4. The molecule has 90 valence electrons. The zero-order valence-corrected chi connectivity index (χ0v) is 11.0.